The molecule has 0 bridgehead atoms. The first-order chi connectivity index (χ1) is 14.6. The van der Waals surface area contributed by atoms with E-state index < -0.39 is 0 Å². The van der Waals surface area contributed by atoms with E-state index in [2.05, 4.69) is 32.6 Å². The molecule has 5 aromatic rings. The van der Waals surface area contributed by atoms with Gasteiger partial charge in [0, 0.05) is 49.2 Å². The lowest BCUT2D eigenvalue weighted by Crippen LogP contribution is -1.95. The van der Waals surface area contributed by atoms with Crippen LogP contribution < -0.4 is 5.32 Å². The third kappa shape index (κ3) is 3.42. The maximum Gasteiger partial charge on any atom is 0.130 e. The number of anilines is 2. The predicted octanol–water partition coefficient (Wildman–Crippen LogP) is 5.43. The summed E-state index contributed by atoms with van der Waals surface area (Å²) in [6.07, 6.45) is 9.54. The number of halogens is 1. The number of benzene rings is 2. The predicted molar refractivity (Wildman–Crippen MR) is 121 cm³/mol. The van der Waals surface area contributed by atoms with E-state index in [4.69, 9.17) is 11.6 Å². The maximum atomic E-state index is 6.56. The molecule has 6 nitrogen and oxygen atoms in total. The topological polar surface area (TPSA) is 60.6 Å². The van der Waals surface area contributed by atoms with Gasteiger partial charge < -0.3 is 5.32 Å². The number of hydrogen-bond acceptors (Lipinski definition) is 4. The Labute approximate surface area is 178 Å². The Morgan fingerprint density at radius 3 is 2.30 bits per heavy atom. The van der Waals surface area contributed by atoms with Crippen LogP contribution in [0.1, 0.15) is 0 Å². The second-order valence-electron chi connectivity index (χ2n) is 7.22. The molecule has 0 spiro atoms. The smallest absolute Gasteiger partial charge is 0.130 e. The van der Waals surface area contributed by atoms with E-state index in [9.17, 15) is 0 Å². The Balaban J connectivity index is 1.50. The third-order valence-corrected chi connectivity index (χ3v) is 5.36. The average Bonchev–Trinajstić information content (AvgIpc) is 3.37. The molecule has 5 rings (SSSR count). The van der Waals surface area contributed by atoms with Gasteiger partial charge in [-0.3, -0.25) is 9.36 Å². The van der Waals surface area contributed by atoms with Crippen molar-refractivity contribution in [1.29, 1.82) is 0 Å². The van der Waals surface area contributed by atoms with Crippen LogP contribution in [-0.4, -0.2) is 24.5 Å². The summed E-state index contributed by atoms with van der Waals surface area (Å²) in [5.74, 6) is 0.731. The normalized spacial score (nSPS) is 11.2. The van der Waals surface area contributed by atoms with Crippen LogP contribution >= 0.6 is 11.6 Å². The summed E-state index contributed by atoms with van der Waals surface area (Å²) in [7, 11) is 3.81. The van der Waals surface area contributed by atoms with E-state index >= 15 is 0 Å². The van der Waals surface area contributed by atoms with Crippen LogP contribution in [0.4, 0.5) is 11.5 Å². The van der Waals surface area contributed by atoms with Gasteiger partial charge in [-0.25, -0.2) is 4.98 Å². The third-order valence-electron chi connectivity index (χ3n) is 5.05. The fourth-order valence-electron chi connectivity index (χ4n) is 3.55. The van der Waals surface area contributed by atoms with Crippen molar-refractivity contribution in [2.75, 3.05) is 5.32 Å². The second kappa shape index (κ2) is 7.31. The quantitative estimate of drug-likeness (QED) is 0.425. The summed E-state index contributed by atoms with van der Waals surface area (Å²) in [6, 6.07) is 14.1. The molecule has 0 fully saturated rings. The molecule has 0 unspecified atom stereocenters. The fraction of sp³-hybridized carbons (Fsp3) is 0.0870. The summed E-state index contributed by atoms with van der Waals surface area (Å²) in [4.78, 5) is 4.56. The number of fused-ring (bicyclic) bond motifs is 1. The summed E-state index contributed by atoms with van der Waals surface area (Å²) >= 11 is 6.56. The van der Waals surface area contributed by atoms with Crippen LogP contribution in [0.15, 0.2) is 73.4 Å². The Morgan fingerprint density at radius 2 is 1.60 bits per heavy atom. The van der Waals surface area contributed by atoms with Crippen molar-refractivity contribution in [3.63, 3.8) is 0 Å². The fourth-order valence-corrected chi connectivity index (χ4v) is 3.78. The molecular formula is C23H19ClN6. The van der Waals surface area contributed by atoms with Crippen LogP contribution in [0.5, 0.6) is 0 Å². The zero-order chi connectivity index (χ0) is 20.7. The minimum Gasteiger partial charge on any atom is -0.339 e. The maximum absolute atomic E-state index is 6.56. The van der Waals surface area contributed by atoms with Crippen LogP contribution in [-0.2, 0) is 14.1 Å². The van der Waals surface area contributed by atoms with Crippen molar-refractivity contribution in [3.8, 4) is 22.3 Å². The second-order valence-corrected chi connectivity index (χ2v) is 7.63. The van der Waals surface area contributed by atoms with E-state index in [0.29, 0.717) is 5.02 Å². The molecule has 0 aliphatic carbocycles. The van der Waals surface area contributed by atoms with Gasteiger partial charge in [0.15, 0.2) is 0 Å². The van der Waals surface area contributed by atoms with E-state index in [0.717, 1.165) is 44.5 Å². The minimum atomic E-state index is 0.624. The number of aryl methyl sites for hydroxylation is 2. The molecule has 148 valence electrons. The number of rotatable bonds is 4. The summed E-state index contributed by atoms with van der Waals surface area (Å²) in [5, 5.41) is 14.7. The molecule has 2 aromatic carbocycles. The zero-order valence-corrected chi connectivity index (χ0v) is 17.3. The zero-order valence-electron chi connectivity index (χ0n) is 16.5. The van der Waals surface area contributed by atoms with E-state index in [1.54, 1.807) is 9.36 Å². The number of nitrogens with one attached hydrogen (secondary N) is 1. The molecule has 7 heteroatoms. The Morgan fingerprint density at radius 1 is 0.833 bits per heavy atom. The largest absolute Gasteiger partial charge is 0.339 e. The Hall–Kier alpha value is -3.64. The van der Waals surface area contributed by atoms with Gasteiger partial charge in [-0.2, -0.15) is 10.2 Å². The van der Waals surface area contributed by atoms with Crippen LogP contribution in [0.25, 0.3) is 33.0 Å². The van der Waals surface area contributed by atoms with Crippen molar-refractivity contribution in [3.05, 3.63) is 78.5 Å². The highest BCUT2D eigenvalue weighted by molar-refractivity contribution is 6.33. The summed E-state index contributed by atoms with van der Waals surface area (Å²) in [5.41, 5.74) is 5.03. The monoisotopic (exact) mass is 414 g/mol. The number of hydrogen-bond donors (Lipinski definition) is 1. The molecule has 0 amide bonds. The Kier molecular flexibility index (Phi) is 4.48. The van der Waals surface area contributed by atoms with E-state index in [1.807, 2.05) is 75.4 Å². The first kappa shape index (κ1) is 18.4. The lowest BCUT2D eigenvalue weighted by molar-refractivity contribution is 0.768. The molecule has 30 heavy (non-hydrogen) atoms. The molecule has 3 aromatic heterocycles. The highest BCUT2D eigenvalue weighted by Gasteiger charge is 2.10. The lowest BCUT2D eigenvalue weighted by atomic mass is 10.0. The van der Waals surface area contributed by atoms with Gasteiger partial charge in [0.2, 0.25) is 0 Å². The SMILES string of the molecule is Cn1cc(-c2ccc(Nc3cc4c(-c5cnn(C)c5)cccc4cn3)c(Cl)c2)cn1. The number of pyridine rings is 1. The van der Waals surface area contributed by atoms with E-state index in [-0.39, 0.29) is 0 Å². The minimum absolute atomic E-state index is 0.624. The average molecular weight is 415 g/mol. The molecule has 0 saturated heterocycles. The molecule has 0 aliphatic rings. The van der Waals surface area contributed by atoms with Crippen molar-refractivity contribution < 1.29 is 0 Å². The van der Waals surface area contributed by atoms with Crippen LogP contribution in [0.2, 0.25) is 5.02 Å². The molecule has 0 aliphatic heterocycles. The molecule has 0 radical (unpaired) electrons. The number of aromatic nitrogens is 5. The molecule has 0 atom stereocenters. The van der Waals surface area contributed by atoms with Gasteiger partial charge in [-0.15, -0.1) is 0 Å². The molecule has 1 N–H and O–H groups in total. The van der Waals surface area contributed by atoms with Crippen molar-refractivity contribution in [1.82, 2.24) is 24.5 Å². The standard InChI is InChI=1S/C23H19ClN6/c1-29-13-17(11-26-29)15-6-7-22(21(24)8-15)28-23-9-20-16(10-25-23)4-3-5-19(20)18-12-27-30(2)14-18/h3-14H,1-2H3,(H,25,28). The van der Waals surface area contributed by atoms with Crippen LogP contribution in [0, 0.1) is 0 Å². The van der Waals surface area contributed by atoms with Gasteiger partial charge in [-0.1, -0.05) is 35.9 Å². The first-order valence-corrected chi connectivity index (χ1v) is 9.88. The Bertz CT molecular complexity index is 1370. The highest BCUT2D eigenvalue weighted by atomic mass is 35.5. The van der Waals surface area contributed by atoms with Crippen LogP contribution in [0.3, 0.4) is 0 Å². The molecular weight excluding hydrogens is 396 g/mol. The van der Waals surface area contributed by atoms with Gasteiger partial charge >= 0.3 is 0 Å². The molecule has 3 heterocycles. The van der Waals surface area contributed by atoms with Crippen molar-refractivity contribution in [2.45, 2.75) is 0 Å². The van der Waals surface area contributed by atoms with Gasteiger partial charge in [0.1, 0.15) is 5.82 Å². The van der Waals surface area contributed by atoms with Crippen molar-refractivity contribution in [2.24, 2.45) is 14.1 Å². The summed E-state index contributed by atoms with van der Waals surface area (Å²) in [6.45, 7) is 0. The summed E-state index contributed by atoms with van der Waals surface area (Å²) < 4.78 is 3.58. The van der Waals surface area contributed by atoms with Gasteiger partial charge in [-0.05, 0) is 34.7 Å². The van der Waals surface area contributed by atoms with E-state index in [1.165, 1.54) is 0 Å². The first-order valence-electron chi connectivity index (χ1n) is 9.50. The van der Waals surface area contributed by atoms with Crippen molar-refractivity contribution >= 4 is 33.9 Å². The number of nitrogens with zero attached hydrogens (tertiary/aromatic N) is 5. The lowest BCUT2D eigenvalue weighted by Gasteiger charge is -2.11. The highest BCUT2D eigenvalue weighted by Crippen LogP contribution is 2.33. The molecule has 0 saturated carbocycles. The van der Waals surface area contributed by atoms with Gasteiger partial charge in [0.05, 0.1) is 23.1 Å². The van der Waals surface area contributed by atoms with Gasteiger partial charge in [0.25, 0.3) is 0 Å².